The molecule has 2 saturated heterocycles. The summed E-state index contributed by atoms with van der Waals surface area (Å²) in [6, 6.07) is -5.46. The van der Waals surface area contributed by atoms with E-state index in [2.05, 4.69) is 73.8 Å². The summed E-state index contributed by atoms with van der Waals surface area (Å²) in [7, 11) is 0. The maximum Gasteiger partial charge on any atom is 0.305 e. The number of aliphatic hydroxyl groups excluding tert-OH is 1. The van der Waals surface area contributed by atoms with Crippen molar-refractivity contribution in [3.05, 3.63) is 89.5 Å². The minimum Gasteiger partial charge on any atom is -0.481 e. The van der Waals surface area contributed by atoms with E-state index < -0.39 is 223 Å². The number of benzene rings is 2. The number of guanidine groups is 1. The Bertz CT molecular complexity index is 3980. The van der Waals surface area contributed by atoms with Crippen molar-refractivity contribution in [2.75, 3.05) is 43.1 Å². The van der Waals surface area contributed by atoms with Gasteiger partial charge < -0.3 is 110 Å². The lowest BCUT2D eigenvalue weighted by Gasteiger charge is -2.34. The number of carboxylic acids is 3. The highest BCUT2D eigenvalue weighted by Gasteiger charge is 2.46. The predicted octanol–water partition coefficient (Wildman–Crippen LogP) is -4.57. The summed E-state index contributed by atoms with van der Waals surface area (Å²) in [4.78, 5) is 244. The van der Waals surface area contributed by atoms with Crippen LogP contribution in [0.3, 0.4) is 0 Å². The maximum atomic E-state index is 15.1. The third-order valence-corrected chi connectivity index (χ3v) is 21.4. The number of rotatable bonds is 33. The first-order chi connectivity index (χ1) is 54.6. The van der Waals surface area contributed by atoms with Crippen LogP contribution in [0.25, 0.3) is 0 Å². The number of aliphatic hydroxyl groups is 1. The quantitative estimate of drug-likeness (QED) is 0.0155. The first-order valence-electron chi connectivity index (χ1n) is 37.0. The molecule has 0 radical (unpaired) electrons. The fourth-order valence-corrected chi connectivity index (χ4v) is 15.2. The summed E-state index contributed by atoms with van der Waals surface area (Å²) in [6.07, 6.45) is -0.739. The molecule has 3 aliphatic heterocycles. The average Bonchev–Trinajstić information content (AvgIpc) is 1.67. The number of amides is 14. The zero-order valence-electron chi connectivity index (χ0n) is 63.7. The van der Waals surface area contributed by atoms with Crippen LogP contribution in [0.5, 0.6) is 0 Å². The van der Waals surface area contributed by atoms with Gasteiger partial charge in [-0.1, -0.05) is 54.6 Å². The second kappa shape index (κ2) is 46.3. The molecule has 22 N–H and O–H groups in total. The molecule has 14 amide bonds. The molecule has 0 spiro atoms. The van der Waals surface area contributed by atoms with Gasteiger partial charge in [0, 0.05) is 75.0 Å². The molecule has 115 heavy (non-hydrogen) atoms. The molecule has 1 aromatic heterocycles. The Labute approximate surface area is 674 Å². The average molecular weight is 1660 g/mol. The second-order valence-corrected chi connectivity index (χ2v) is 30.7. The number of H-pyrrole nitrogens is 1. The number of nitrogens with two attached hydrogens (primary N) is 2. The van der Waals surface area contributed by atoms with Crippen molar-refractivity contribution >= 4 is 142 Å². The van der Waals surface area contributed by atoms with Gasteiger partial charge in [0.2, 0.25) is 82.7 Å². The third kappa shape index (κ3) is 30.3. The molecule has 3 aromatic rings. The van der Waals surface area contributed by atoms with Gasteiger partial charge in [-0.2, -0.15) is 35.3 Å². The minimum absolute atomic E-state index is 0.00409. The number of carbonyl (C=O) groups excluding carboxylic acids is 14. The van der Waals surface area contributed by atoms with E-state index >= 15 is 9.59 Å². The number of thioether (sulfide) groups is 3. The van der Waals surface area contributed by atoms with Gasteiger partial charge in [-0.3, -0.25) is 86.9 Å². The Morgan fingerprint density at radius 1 is 0.643 bits per heavy atom. The van der Waals surface area contributed by atoms with Crippen molar-refractivity contribution < 1.29 is 102 Å². The van der Waals surface area contributed by atoms with Gasteiger partial charge >= 0.3 is 17.9 Å². The van der Waals surface area contributed by atoms with Gasteiger partial charge in [-0.15, -0.1) is 0 Å². The third-order valence-electron chi connectivity index (χ3n) is 18.6. The standard InChI is InChI=1S/C72H101N19O21S3/c1-37(60(101)81-44(16-9-22-77-72(74)75)61(102)83-47(59(73)100)29-56(96)97)79-64(105)49(28-43-31-76-36-78-43)85-66(107)50(30-57(98)99)86-67(108)51-34-114-32-41-14-8-15-42(26-41)33-115-35-52(88-63(104)46(21-25-113-4)80-39(3)93)70(111)91-24-11-18-54(91)71(112)90-23-10-17-53(90)68(109)89-58(38(2)92)69(110)82-45(19-20-55(94)95)62(103)84-48(65(106)87-51)27-40-12-6-5-7-13-40/h5-8,12-15,26,31,36-38,44-54,58,92H,9-11,16-25,27-30,32-35H2,1-4H3,(H2,73,100)(H,76,78)(H,79,105)(H,80,93)(H,81,101)(H,82,110)(H,83,102)(H,84,103)(H,85,107)(H,86,108)(H,87,106)(H,88,104)(H,89,109)(H,94,95)(H,96,97)(H,98,99)(H4,74,75,77)/t37-,38+,44-,45-,46-,47-,48-,49-,50-,51-,52-,53-,54-,58-/m0/s1. The van der Waals surface area contributed by atoms with E-state index in [1.165, 1.54) is 59.7 Å². The van der Waals surface area contributed by atoms with Crippen LogP contribution in [0, 0.1) is 5.41 Å². The summed E-state index contributed by atoms with van der Waals surface area (Å²) in [6.45, 7) is 3.70. The molecule has 3 aliphatic rings. The van der Waals surface area contributed by atoms with Crippen LogP contribution in [0.15, 0.2) is 67.1 Å². The lowest BCUT2D eigenvalue weighted by molar-refractivity contribution is -0.148. The second-order valence-electron chi connectivity index (χ2n) is 27.7. The number of imidazole rings is 1. The van der Waals surface area contributed by atoms with Crippen LogP contribution in [0.2, 0.25) is 0 Å². The number of carbonyl (C=O) groups is 17. The van der Waals surface area contributed by atoms with Gasteiger partial charge in [0.05, 0.1) is 31.0 Å². The number of fused-ring (bicyclic) bond motifs is 4. The zero-order valence-corrected chi connectivity index (χ0v) is 66.2. The van der Waals surface area contributed by atoms with Crippen LogP contribution < -0.4 is 75.3 Å². The van der Waals surface area contributed by atoms with E-state index in [9.17, 15) is 92.3 Å². The fourth-order valence-electron chi connectivity index (χ4n) is 12.7. The molecule has 40 nitrogen and oxygen atoms in total. The van der Waals surface area contributed by atoms with Gasteiger partial charge in [0.15, 0.2) is 5.96 Å². The van der Waals surface area contributed by atoms with Crippen LogP contribution >= 0.6 is 35.3 Å². The van der Waals surface area contributed by atoms with E-state index in [1.54, 1.807) is 54.6 Å². The van der Waals surface area contributed by atoms with E-state index in [0.717, 1.165) is 18.7 Å². The van der Waals surface area contributed by atoms with Gasteiger partial charge in [0.25, 0.3) is 0 Å². The maximum absolute atomic E-state index is 15.1. The first kappa shape index (κ1) is 92.8. The van der Waals surface area contributed by atoms with Crippen molar-refractivity contribution in [2.24, 2.45) is 11.5 Å². The largest absolute Gasteiger partial charge is 0.481 e. The van der Waals surface area contributed by atoms with E-state index in [1.807, 2.05) is 6.26 Å². The summed E-state index contributed by atoms with van der Waals surface area (Å²) in [5.74, 6) is -18.4. The van der Waals surface area contributed by atoms with Crippen molar-refractivity contribution in [2.45, 2.75) is 200 Å². The number of nitrogens with zero attached hydrogens (tertiary/aromatic N) is 3. The summed E-state index contributed by atoms with van der Waals surface area (Å²) in [5.41, 5.74) is 12.6. The van der Waals surface area contributed by atoms with Gasteiger partial charge in [0.1, 0.15) is 78.5 Å². The summed E-state index contributed by atoms with van der Waals surface area (Å²) in [5, 5.41) is 78.0. The van der Waals surface area contributed by atoms with Gasteiger partial charge in [-0.25, -0.2) is 4.98 Å². The Morgan fingerprint density at radius 2 is 1.23 bits per heavy atom. The number of aliphatic carboxylic acids is 3. The number of nitrogens with one attached hydrogen (secondary N) is 14. The van der Waals surface area contributed by atoms with Crippen LogP contribution in [-0.4, -0.2) is 275 Å². The number of carboxylic acid groups (broad SMARTS) is 3. The van der Waals surface area contributed by atoms with Crippen LogP contribution in [-0.2, 0) is 106 Å². The molecule has 0 aliphatic carbocycles. The number of hydrogen-bond acceptors (Lipinski definition) is 23. The monoisotopic (exact) mass is 1660 g/mol. The lowest BCUT2D eigenvalue weighted by Crippen LogP contribution is -2.62. The Morgan fingerprint density at radius 3 is 1.84 bits per heavy atom. The SMILES string of the molecule is CSCC[C@H](NC(C)=O)C(=O)N[C@H]1CSCc2cccc(c2)CSC[C@@H](C(=O)N[C@@H](CC(=O)O)C(=O)N[C@@H](Cc2c[nH]cn2)C(=O)N[C@@H](C)C(=O)N[C@@H](CCCNC(=N)N)C(=O)N[C@@H](CC(=O)O)C(N)=O)NC(=O)[C@H](Cc2ccccc2)NC(=O)[C@H](CCC(=O)O)NC(=O)[C@H]([C@@H](C)O)NC(=O)[C@@H]2CCCN2C(=O)[C@@H]2CCCN2C1=O. The molecule has 0 saturated carbocycles. The first-order valence-corrected chi connectivity index (χ1v) is 40.7. The molecule has 2 bridgehead atoms. The molecule has 43 heteroatoms. The molecule has 4 heterocycles. The van der Waals surface area contributed by atoms with Crippen LogP contribution in [0.1, 0.15) is 114 Å². The zero-order chi connectivity index (χ0) is 84.6. The number of primary amides is 1. The Hall–Kier alpha value is -11.1. The number of hydrogen-bond donors (Lipinski definition) is 20. The van der Waals surface area contributed by atoms with Crippen molar-refractivity contribution in [1.29, 1.82) is 5.41 Å². The minimum atomic E-state index is -2.09. The number of aromatic nitrogens is 2. The van der Waals surface area contributed by atoms with Crippen molar-refractivity contribution in [3.8, 4) is 0 Å². The highest BCUT2D eigenvalue weighted by atomic mass is 32.2. The molecule has 2 fully saturated rings. The number of aromatic amines is 1. The van der Waals surface area contributed by atoms with Crippen molar-refractivity contribution in [1.82, 2.24) is 83.6 Å². The fraction of sp³-hybridized carbons (Fsp3) is 0.542. The highest BCUT2D eigenvalue weighted by Crippen LogP contribution is 2.28. The molecule has 14 atom stereocenters. The molecule has 6 rings (SSSR count). The lowest BCUT2D eigenvalue weighted by atomic mass is 10.0. The van der Waals surface area contributed by atoms with E-state index in [0.29, 0.717) is 35.3 Å². The molecular formula is C72H101N19O21S3. The van der Waals surface area contributed by atoms with Gasteiger partial charge in [-0.05, 0) is 93.9 Å². The highest BCUT2D eigenvalue weighted by molar-refractivity contribution is 7.99. The summed E-state index contributed by atoms with van der Waals surface area (Å²) < 4.78 is 0. The van der Waals surface area contributed by atoms with E-state index in [4.69, 9.17) is 16.9 Å². The van der Waals surface area contributed by atoms with Crippen LogP contribution in [0.4, 0.5) is 0 Å². The summed E-state index contributed by atoms with van der Waals surface area (Å²) >= 11 is 3.73. The molecule has 2 aromatic carbocycles. The topological polar surface area (TPSA) is 627 Å². The smallest absolute Gasteiger partial charge is 0.305 e. The Kier molecular flexibility index (Phi) is 37.4. The molecule has 628 valence electrons. The molecular weight excluding hydrogens is 1560 g/mol. The van der Waals surface area contributed by atoms with Crippen molar-refractivity contribution in [3.63, 3.8) is 0 Å². The predicted molar refractivity (Wildman–Crippen MR) is 418 cm³/mol. The Balaban J connectivity index is 1.36. The van der Waals surface area contributed by atoms with E-state index in [-0.39, 0.29) is 86.9 Å². The molecule has 0 unspecified atom stereocenters. The normalized spacial score (nSPS) is 21.2.